The molecular weight excluding hydrogens is 356 g/mol. The van der Waals surface area contributed by atoms with Crippen LogP contribution in [-0.2, 0) is 4.79 Å². The van der Waals surface area contributed by atoms with Crippen LogP contribution in [0.1, 0.15) is 77.7 Å². The van der Waals surface area contributed by atoms with E-state index in [4.69, 9.17) is 0 Å². The van der Waals surface area contributed by atoms with Crippen molar-refractivity contribution in [2.24, 2.45) is 34.5 Å². The van der Waals surface area contributed by atoms with Crippen LogP contribution in [0.5, 0.6) is 0 Å². The molecule has 4 fully saturated rings. The molecule has 0 heterocycles. The van der Waals surface area contributed by atoms with Gasteiger partial charge in [-0.15, -0.1) is 0 Å². The van der Waals surface area contributed by atoms with Gasteiger partial charge in [-0.25, -0.2) is 0 Å². The summed E-state index contributed by atoms with van der Waals surface area (Å²) in [6.07, 6.45) is 10.8. The van der Waals surface area contributed by atoms with Crippen LogP contribution in [0, 0.1) is 34.5 Å². The van der Waals surface area contributed by atoms with Gasteiger partial charge in [-0.3, -0.25) is 4.79 Å². The number of benzene rings is 1. The van der Waals surface area contributed by atoms with Gasteiger partial charge < -0.3 is 5.11 Å². The van der Waals surface area contributed by atoms with Crippen LogP contribution < -0.4 is 0 Å². The zero-order valence-electron chi connectivity index (χ0n) is 18.3. The summed E-state index contributed by atoms with van der Waals surface area (Å²) in [5.41, 5.74) is 1.98. The van der Waals surface area contributed by atoms with E-state index in [9.17, 15) is 9.90 Å². The van der Waals surface area contributed by atoms with Crippen molar-refractivity contribution in [2.45, 2.75) is 77.7 Å². The summed E-state index contributed by atoms with van der Waals surface area (Å²) in [5.74, 6) is 2.97. The summed E-state index contributed by atoms with van der Waals surface area (Å²) in [6, 6.07) is 10.3. The van der Waals surface area contributed by atoms with Crippen LogP contribution in [-0.4, -0.2) is 16.5 Å². The number of rotatable bonds is 1. The summed E-state index contributed by atoms with van der Waals surface area (Å²) in [7, 11) is 0. The third kappa shape index (κ3) is 2.81. The number of hydrogen-bond acceptors (Lipinski definition) is 2. The summed E-state index contributed by atoms with van der Waals surface area (Å²) >= 11 is 0. The second-order valence-corrected chi connectivity index (χ2v) is 11.3. The largest absolute Gasteiger partial charge is 0.390 e. The Hall–Kier alpha value is -1.41. The van der Waals surface area contributed by atoms with Crippen LogP contribution in [0.2, 0.25) is 0 Å². The quantitative estimate of drug-likeness (QED) is 0.591. The molecule has 0 aliphatic heterocycles. The van der Waals surface area contributed by atoms with Crippen molar-refractivity contribution in [2.75, 3.05) is 0 Å². The van der Waals surface area contributed by atoms with Crippen molar-refractivity contribution < 1.29 is 9.90 Å². The molecule has 4 aliphatic carbocycles. The van der Waals surface area contributed by atoms with Crippen molar-refractivity contribution in [3.05, 3.63) is 41.5 Å². The number of ketones is 1. The van der Waals surface area contributed by atoms with Crippen LogP contribution in [0.3, 0.4) is 0 Å². The van der Waals surface area contributed by atoms with Gasteiger partial charge in [-0.05, 0) is 104 Å². The highest BCUT2D eigenvalue weighted by Crippen LogP contribution is 2.68. The first kappa shape index (κ1) is 19.5. The third-order valence-corrected chi connectivity index (χ3v) is 10.1. The molecule has 4 aliphatic rings. The van der Waals surface area contributed by atoms with E-state index in [0.29, 0.717) is 23.5 Å². The molecule has 29 heavy (non-hydrogen) atoms. The zero-order valence-corrected chi connectivity index (χ0v) is 18.3. The van der Waals surface area contributed by atoms with E-state index in [1.54, 1.807) is 0 Å². The van der Waals surface area contributed by atoms with Gasteiger partial charge in [0.25, 0.3) is 0 Å². The Morgan fingerprint density at radius 2 is 1.69 bits per heavy atom. The van der Waals surface area contributed by atoms with Gasteiger partial charge in [0.1, 0.15) is 0 Å². The standard InChI is InChI=1S/C27H36O2/c1-25-17-19(15-18-7-5-4-6-8-18)24(28)16-20(25)9-10-21-22(25)11-13-26(2)23(21)12-14-27(26,3)29/h4-8,15,20-23,29H,9-14,16-17H2,1-3H3/t20-,21-,22-,23-,25-,26+,27-/m0/s1. The highest BCUT2D eigenvalue weighted by Gasteiger charge is 2.63. The lowest BCUT2D eigenvalue weighted by Crippen LogP contribution is -2.56. The van der Waals surface area contributed by atoms with Crippen molar-refractivity contribution in [3.8, 4) is 0 Å². The second-order valence-electron chi connectivity index (χ2n) is 11.3. The Bertz CT molecular complexity index is 837. The Labute approximate surface area is 175 Å². The lowest BCUT2D eigenvalue weighted by Gasteiger charge is -2.61. The van der Waals surface area contributed by atoms with E-state index in [2.05, 4.69) is 51.1 Å². The molecule has 0 amide bonds. The monoisotopic (exact) mass is 392 g/mol. The van der Waals surface area contributed by atoms with Gasteiger partial charge >= 0.3 is 0 Å². The van der Waals surface area contributed by atoms with Gasteiger partial charge in [0.2, 0.25) is 0 Å². The van der Waals surface area contributed by atoms with Crippen molar-refractivity contribution in [3.63, 3.8) is 0 Å². The van der Waals surface area contributed by atoms with Crippen LogP contribution in [0.25, 0.3) is 6.08 Å². The van der Waals surface area contributed by atoms with E-state index >= 15 is 0 Å². The number of hydrogen-bond donors (Lipinski definition) is 1. The average molecular weight is 393 g/mol. The number of Topliss-reactive ketones (excluding diaryl/α,β-unsaturated/α-hetero) is 1. The van der Waals surface area contributed by atoms with Gasteiger partial charge in [0, 0.05) is 6.42 Å². The van der Waals surface area contributed by atoms with Crippen LogP contribution in [0.4, 0.5) is 0 Å². The number of carbonyl (C=O) groups is 1. The zero-order chi connectivity index (χ0) is 20.4. The van der Waals surface area contributed by atoms with Gasteiger partial charge in [-0.2, -0.15) is 0 Å². The smallest absolute Gasteiger partial charge is 0.159 e. The van der Waals surface area contributed by atoms with Crippen LogP contribution >= 0.6 is 0 Å². The Kier molecular flexibility index (Phi) is 4.41. The first-order valence-corrected chi connectivity index (χ1v) is 11.8. The number of aliphatic hydroxyl groups is 1. The first-order valence-electron chi connectivity index (χ1n) is 11.8. The number of allylic oxidation sites excluding steroid dienone is 1. The van der Waals surface area contributed by atoms with E-state index in [1.165, 1.54) is 25.7 Å². The predicted molar refractivity (Wildman–Crippen MR) is 117 cm³/mol. The fraction of sp³-hybridized carbons (Fsp3) is 0.667. The fourth-order valence-corrected chi connectivity index (χ4v) is 8.13. The molecule has 1 aromatic rings. The Morgan fingerprint density at radius 3 is 2.45 bits per heavy atom. The van der Waals surface area contributed by atoms with Crippen molar-refractivity contribution >= 4 is 11.9 Å². The predicted octanol–water partition coefficient (Wildman–Crippen LogP) is 6.04. The topological polar surface area (TPSA) is 37.3 Å². The molecule has 0 saturated heterocycles. The van der Waals surface area contributed by atoms with Gasteiger partial charge in [0.15, 0.2) is 5.78 Å². The van der Waals surface area contributed by atoms with E-state index < -0.39 is 5.60 Å². The Balaban J connectivity index is 1.46. The molecule has 2 nitrogen and oxygen atoms in total. The van der Waals surface area contributed by atoms with Gasteiger partial charge in [0.05, 0.1) is 5.60 Å². The molecule has 0 spiro atoms. The van der Waals surface area contributed by atoms with Gasteiger partial charge in [-0.1, -0.05) is 44.2 Å². The minimum atomic E-state index is -0.513. The molecule has 4 saturated carbocycles. The molecule has 156 valence electrons. The number of fused-ring (bicyclic) bond motifs is 5. The molecule has 1 N–H and O–H groups in total. The van der Waals surface area contributed by atoms with Crippen LogP contribution in [0.15, 0.2) is 35.9 Å². The maximum atomic E-state index is 13.0. The van der Waals surface area contributed by atoms with Crippen molar-refractivity contribution in [1.29, 1.82) is 0 Å². The van der Waals surface area contributed by atoms with E-state index in [0.717, 1.165) is 42.7 Å². The molecule has 0 aromatic heterocycles. The van der Waals surface area contributed by atoms with E-state index in [1.807, 2.05) is 6.07 Å². The molecule has 0 unspecified atom stereocenters. The minimum Gasteiger partial charge on any atom is -0.390 e. The third-order valence-electron chi connectivity index (χ3n) is 10.1. The highest BCUT2D eigenvalue weighted by molar-refractivity contribution is 6.00. The fourth-order valence-electron chi connectivity index (χ4n) is 8.13. The Morgan fingerprint density at radius 1 is 0.966 bits per heavy atom. The molecule has 0 bridgehead atoms. The minimum absolute atomic E-state index is 0.0740. The number of carbonyl (C=O) groups excluding carboxylic acids is 1. The lowest BCUT2D eigenvalue weighted by molar-refractivity contribution is -0.147. The summed E-state index contributed by atoms with van der Waals surface area (Å²) in [4.78, 5) is 13.0. The summed E-state index contributed by atoms with van der Waals surface area (Å²) in [6.45, 7) is 6.94. The molecule has 1 aromatic carbocycles. The maximum Gasteiger partial charge on any atom is 0.159 e. The molecular formula is C27H36O2. The summed E-state index contributed by atoms with van der Waals surface area (Å²) < 4.78 is 0. The van der Waals surface area contributed by atoms with E-state index in [-0.39, 0.29) is 10.8 Å². The summed E-state index contributed by atoms with van der Waals surface area (Å²) in [5, 5.41) is 11.1. The van der Waals surface area contributed by atoms with Crippen molar-refractivity contribution in [1.82, 2.24) is 0 Å². The average Bonchev–Trinajstić information content (AvgIpc) is 2.93. The molecule has 5 rings (SSSR count). The maximum absolute atomic E-state index is 13.0. The molecule has 2 heteroatoms. The molecule has 7 atom stereocenters. The second kappa shape index (κ2) is 6.54. The molecule has 0 radical (unpaired) electrons. The normalized spacial score (nSPS) is 48.1. The SMILES string of the molecule is C[C@]12CC(=Cc3ccccc3)C(=O)C[C@@H]1CC[C@H]1[C@@H]2CC[C@]2(C)[C@H]1CC[C@]2(C)O. The lowest BCUT2D eigenvalue weighted by atomic mass is 9.44. The highest BCUT2D eigenvalue weighted by atomic mass is 16.3. The first-order chi connectivity index (χ1) is 13.7.